The monoisotopic (exact) mass is 627 g/mol. The van der Waals surface area contributed by atoms with Gasteiger partial charge in [-0.25, -0.2) is 4.98 Å². The molecule has 0 fully saturated rings. The van der Waals surface area contributed by atoms with Crippen LogP contribution in [0.3, 0.4) is 0 Å². The Morgan fingerprint density at radius 1 is 0.429 bits per heavy atom. The average Bonchev–Trinajstić information content (AvgIpc) is 3.77. The van der Waals surface area contributed by atoms with Crippen LogP contribution < -0.4 is 4.90 Å². The molecule has 0 aliphatic heterocycles. The Kier molecular flexibility index (Phi) is 6.15. The number of hydrogen-bond donors (Lipinski definition) is 0. The Bertz CT molecular complexity index is 2740. The van der Waals surface area contributed by atoms with Gasteiger partial charge in [0, 0.05) is 49.9 Å². The minimum Gasteiger partial charge on any atom is -0.435 e. The fourth-order valence-corrected chi connectivity index (χ4v) is 7.38. The van der Waals surface area contributed by atoms with Gasteiger partial charge in [-0.2, -0.15) is 0 Å². The van der Waals surface area contributed by atoms with E-state index in [1.165, 1.54) is 32.6 Å². The van der Waals surface area contributed by atoms with Crippen LogP contribution in [0, 0.1) is 0 Å². The first kappa shape index (κ1) is 27.5. The first-order valence-corrected chi connectivity index (χ1v) is 16.6. The van der Waals surface area contributed by atoms with Gasteiger partial charge in [-0.05, 0) is 83.6 Å². The summed E-state index contributed by atoms with van der Waals surface area (Å²) in [6, 6.07) is 61.9. The molecule has 0 N–H and O–H groups in total. The number of fused-ring (bicyclic) bond motifs is 9. The highest BCUT2D eigenvalue weighted by atomic mass is 16.3. The standard InChI is InChI=1S/C45H29N3O/c1-3-13-31(14-4-1)47(34-27-28-42-40(29-34)37-19-11-12-22-41(37)48(42)32-15-5-2-6-16-32)33-25-23-30(24-26-33)45-46-43-38-20-9-7-17-35(38)36-18-8-10-21-39(36)44(43)49-45/h1-29H. The van der Waals surface area contributed by atoms with E-state index in [4.69, 9.17) is 9.40 Å². The first-order chi connectivity index (χ1) is 24.3. The lowest BCUT2D eigenvalue weighted by molar-refractivity contribution is 0.623. The van der Waals surface area contributed by atoms with Gasteiger partial charge in [-0.15, -0.1) is 0 Å². The van der Waals surface area contributed by atoms with E-state index in [9.17, 15) is 0 Å². The first-order valence-electron chi connectivity index (χ1n) is 16.6. The highest BCUT2D eigenvalue weighted by molar-refractivity contribution is 6.22. The van der Waals surface area contributed by atoms with Crippen molar-refractivity contribution in [1.29, 1.82) is 0 Å². The molecule has 2 aromatic heterocycles. The molecule has 0 spiro atoms. The summed E-state index contributed by atoms with van der Waals surface area (Å²) in [7, 11) is 0. The molecular weight excluding hydrogens is 599 g/mol. The van der Waals surface area contributed by atoms with E-state index < -0.39 is 0 Å². The second kappa shape index (κ2) is 11.0. The summed E-state index contributed by atoms with van der Waals surface area (Å²) in [4.78, 5) is 7.37. The van der Waals surface area contributed by atoms with E-state index in [0.29, 0.717) is 5.89 Å². The SMILES string of the molecule is c1ccc(N(c2ccc(-c3nc4c5ccccc5c5ccccc5c4o3)cc2)c2ccc3c(c2)c2ccccc2n3-c2ccccc2)cc1. The van der Waals surface area contributed by atoms with Gasteiger partial charge >= 0.3 is 0 Å². The number of nitrogens with zero attached hydrogens (tertiary/aromatic N) is 3. The third kappa shape index (κ3) is 4.35. The van der Waals surface area contributed by atoms with Crippen molar-refractivity contribution >= 4 is 71.5 Å². The van der Waals surface area contributed by atoms with Crippen LogP contribution in [0.5, 0.6) is 0 Å². The number of hydrogen-bond acceptors (Lipinski definition) is 3. The maximum atomic E-state index is 6.55. The predicted octanol–water partition coefficient (Wildman–Crippen LogP) is 12.4. The van der Waals surface area contributed by atoms with E-state index in [1.54, 1.807) is 0 Å². The van der Waals surface area contributed by atoms with Crippen molar-refractivity contribution in [2.24, 2.45) is 0 Å². The molecule has 0 aliphatic carbocycles. The Labute approximate surface area is 282 Å². The number of rotatable bonds is 5. The number of benzene rings is 8. The van der Waals surface area contributed by atoms with Crippen molar-refractivity contribution in [1.82, 2.24) is 9.55 Å². The molecule has 0 unspecified atom stereocenters. The molecule has 2 heterocycles. The minimum atomic E-state index is 0.615. The Hall–Kier alpha value is -6.65. The summed E-state index contributed by atoms with van der Waals surface area (Å²) in [5.74, 6) is 0.615. The predicted molar refractivity (Wildman–Crippen MR) is 203 cm³/mol. The van der Waals surface area contributed by atoms with Crippen LogP contribution in [-0.4, -0.2) is 9.55 Å². The summed E-state index contributed by atoms with van der Waals surface area (Å²) >= 11 is 0. The van der Waals surface area contributed by atoms with E-state index in [1.807, 2.05) is 0 Å². The molecule has 49 heavy (non-hydrogen) atoms. The minimum absolute atomic E-state index is 0.615. The van der Waals surface area contributed by atoms with Gasteiger partial charge in [0.1, 0.15) is 5.52 Å². The van der Waals surface area contributed by atoms with Crippen LogP contribution >= 0.6 is 0 Å². The normalized spacial score (nSPS) is 11.7. The van der Waals surface area contributed by atoms with Crippen LogP contribution in [0.4, 0.5) is 17.1 Å². The second-order valence-corrected chi connectivity index (χ2v) is 12.4. The molecule has 0 saturated heterocycles. The highest BCUT2D eigenvalue weighted by Gasteiger charge is 2.19. The summed E-state index contributed by atoms with van der Waals surface area (Å²) in [5.41, 5.74) is 9.38. The van der Waals surface area contributed by atoms with Crippen molar-refractivity contribution in [2.75, 3.05) is 4.90 Å². The van der Waals surface area contributed by atoms with Crippen LogP contribution in [0.1, 0.15) is 0 Å². The molecular formula is C45H29N3O. The molecule has 0 aliphatic rings. The Morgan fingerprint density at radius 3 is 1.73 bits per heavy atom. The smallest absolute Gasteiger partial charge is 0.227 e. The van der Waals surface area contributed by atoms with E-state index in [2.05, 4.69) is 185 Å². The third-order valence-electron chi connectivity index (χ3n) is 9.59. The van der Waals surface area contributed by atoms with Crippen LogP contribution in [0.25, 0.3) is 71.6 Å². The van der Waals surface area contributed by atoms with Crippen molar-refractivity contribution in [3.05, 3.63) is 176 Å². The zero-order valence-electron chi connectivity index (χ0n) is 26.5. The van der Waals surface area contributed by atoms with Crippen LogP contribution in [-0.2, 0) is 0 Å². The molecule has 4 nitrogen and oxygen atoms in total. The second-order valence-electron chi connectivity index (χ2n) is 12.4. The van der Waals surface area contributed by atoms with E-state index >= 15 is 0 Å². The lowest BCUT2D eigenvalue weighted by Crippen LogP contribution is -2.09. The maximum Gasteiger partial charge on any atom is 0.227 e. The largest absolute Gasteiger partial charge is 0.435 e. The zero-order valence-corrected chi connectivity index (χ0v) is 26.5. The van der Waals surface area contributed by atoms with Crippen molar-refractivity contribution < 1.29 is 4.42 Å². The molecule has 0 bridgehead atoms. The molecule has 8 aromatic carbocycles. The van der Waals surface area contributed by atoms with Crippen LogP contribution in [0.2, 0.25) is 0 Å². The van der Waals surface area contributed by atoms with Gasteiger partial charge < -0.3 is 13.9 Å². The Morgan fingerprint density at radius 2 is 0.980 bits per heavy atom. The topological polar surface area (TPSA) is 34.2 Å². The molecule has 0 radical (unpaired) electrons. The molecule has 10 rings (SSSR count). The molecule has 10 aromatic rings. The van der Waals surface area contributed by atoms with E-state index in [0.717, 1.165) is 50.2 Å². The van der Waals surface area contributed by atoms with Gasteiger partial charge in [-0.1, -0.05) is 103 Å². The molecule has 0 amide bonds. The Balaban J connectivity index is 1.11. The van der Waals surface area contributed by atoms with Crippen molar-refractivity contribution in [3.8, 4) is 17.1 Å². The number of aromatic nitrogens is 2. The lowest BCUT2D eigenvalue weighted by Gasteiger charge is -2.25. The zero-order chi connectivity index (χ0) is 32.3. The molecule has 0 atom stereocenters. The van der Waals surface area contributed by atoms with E-state index in [-0.39, 0.29) is 0 Å². The third-order valence-corrected chi connectivity index (χ3v) is 9.59. The number of oxazole rings is 1. The molecule has 4 heteroatoms. The van der Waals surface area contributed by atoms with Gasteiger partial charge in [0.25, 0.3) is 0 Å². The fraction of sp³-hybridized carbons (Fsp3) is 0. The van der Waals surface area contributed by atoms with Gasteiger partial charge in [0.15, 0.2) is 5.58 Å². The number of para-hydroxylation sites is 3. The lowest BCUT2D eigenvalue weighted by atomic mass is 10.0. The van der Waals surface area contributed by atoms with Gasteiger partial charge in [0.05, 0.1) is 11.0 Å². The maximum absolute atomic E-state index is 6.55. The average molecular weight is 628 g/mol. The summed E-state index contributed by atoms with van der Waals surface area (Å²) in [6.07, 6.45) is 0. The van der Waals surface area contributed by atoms with Crippen molar-refractivity contribution in [2.45, 2.75) is 0 Å². The molecule has 230 valence electrons. The van der Waals surface area contributed by atoms with Gasteiger partial charge in [0.2, 0.25) is 5.89 Å². The summed E-state index contributed by atoms with van der Waals surface area (Å²) < 4.78 is 8.90. The van der Waals surface area contributed by atoms with Crippen molar-refractivity contribution in [3.63, 3.8) is 0 Å². The molecule has 0 saturated carbocycles. The summed E-state index contributed by atoms with van der Waals surface area (Å²) in [5, 5.41) is 6.96. The quantitative estimate of drug-likeness (QED) is 0.178. The summed E-state index contributed by atoms with van der Waals surface area (Å²) in [6.45, 7) is 0. The number of anilines is 3. The van der Waals surface area contributed by atoms with Gasteiger partial charge in [-0.3, -0.25) is 0 Å². The highest BCUT2D eigenvalue weighted by Crippen LogP contribution is 2.41. The fourth-order valence-electron chi connectivity index (χ4n) is 7.38. The van der Waals surface area contributed by atoms with Crippen LogP contribution in [0.15, 0.2) is 180 Å².